The van der Waals surface area contributed by atoms with Crippen molar-refractivity contribution in [3.63, 3.8) is 0 Å². The molecule has 1 N–H and O–H groups in total. The molecule has 1 amide bonds. The Kier molecular flexibility index (Phi) is 4.68. The van der Waals surface area contributed by atoms with Crippen LogP contribution in [-0.2, 0) is 16.1 Å². The van der Waals surface area contributed by atoms with E-state index in [1.54, 1.807) is 4.90 Å². The molecule has 0 aliphatic carbocycles. The van der Waals surface area contributed by atoms with Crippen LogP contribution in [0.15, 0.2) is 24.8 Å². The minimum absolute atomic E-state index is 0.0351. The van der Waals surface area contributed by atoms with E-state index < -0.39 is 11.6 Å². The lowest BCUT2D eigenvalue weighted by molar-refractivity contribution is -0.116. The van der Waals surface area contributed by atoms with E-state index in [0.29, 0.717) is 31.9 Å². The molecule has 0 aromatic heterocycles. The van der Waals surface area contributed by atoms with Crippen molar-refractivity contribution in [3.8, 4) is 0 Å². The van der Waals surface area contributed by atoms with Crippen LogP contribution in [0, 0.1) is 11.6 Å². The maximum absolute atomic E-state index is 14.0. The molecule has 1 saturated heterocycles. The maximum Gasteiger partial charge on any atom is 0.243 e. The Morgan fingerprint density at radius 1 is 1.35 bits per heavy atom. The average molecular weight is 282 g/mol. The first-order valence-corrected chi connectivity index (χ1v) is 6.32. The molecule has 108 valence electrons. The van der Waals surface area contributed by atoms with Crippen molar-refractivity contribution in [1.82, 2.24) is 5.32 Å². The van der Waals surface area contributed by atoms with Gasteiger partial charge in [0.15, 0.2) is 0 Å². The SMILES string of the molecule is C=CC(=O)NCc1cc(F)c(N2CCOCC2)c(F)c1. The topological polar surface area (TPSA) is 41.6 Å². The third-order valence-electron chi connectivity index (χ3n) is 3.06. The molecule has 0 atom stereocenters. The van der Waals surface area contributed by atoms with Crippen molar-refractivity contribution < 1.29 is 18.3 Å². The van der Waals surface area contributed by atoms with Crippen LogP contribution < -0.4 is 10.2 Å². The Hall–Kier alpha value is -1.95. The molecule has 0 bridgehead atoms. The number of halogens is 2. The molecule has 0 saturated carbocycles. The maximum atomic E-state index is 14.0. The molecular formula is C14H16F2N2O2. The number of benzene rings is 1. The standard InChI is InChI=1S/C14H16F2N2O2/c1-2-13(19)17-9-10-7-11(15)14(12(16)8-10)18-3-5-20-6-4-18/h2,7-8H,1,3-6,9H2,(H,17,19). The minimum Gasteiger partial charge on any atom is -0.378 e. The summed E-state index contributed by atoms with van der Waals surface area (Å²) in [6, 6.07) is 2.47. The van der Waals surface area contributed by atoms with Gasteiger partial charge in [-0.1, -0.05) is 6.58 Å². The van der Waals surface area contributed by atoms with Crippen LogP contribution in [0.2, 0.25) is 0 Å². The molecular weight excluding hydrogens is 266 g/mol. The lowest BCUT2D eigenvalue weighted by Gasteiger charge is -2.29. The van der Waals surface area contributed by atoms with Crippen LogP contribution in [-0.4, -0.2) is 32.2 Å². The molecule has 0 unspecified atom stereocenters. The summed E-state index contributed by atoms with van der Waals surface area (Å²) in [5, 5.41) is 2.48. The van der Waals surface area contributed by atoms with E-state index in [0.717, 1.165) is 6.08 Å². The van der Waals surface area contributed by atoms with E-state index >= 15 is 0 Å². The lowest BCUT2D eigenvalue weighted by Crippen LogP contribution is -2.37. The fourth-order valence-corrected chi connectivity index (χ4v) is 2.07. The second kappa shape index (κ2) is 6.47. The second-order valence-electron chi connectivity index (χ2n) is 4.43. The average Bonchev–Trinajstić information content (AvgIpc) is 2.45. The molecule has 4 nitrogen and oxygen atoms in total. The van der Waals surface area contributed by atoms with Crippen molar-refractivity contribution in [2.75, 3.05) is 31.2 Å². The lowest BCUT2D eigenvalue weighted by atomic mass is 10.1. The summed E-state index contributed by atoms with van der Waals surface area (Å²) in [6.45, 7) is 5.19. The zero-order valence-electron chi connectivity index (χ0n) is 11.0. The fraction of sp³-hybridized carbons (Fsp3) is 0.357. The fourth-order valence-electron chi connectivity index (χ4n) is 2.07. The van der Waals surface area contributed by atoms with Gasteiger partial charge in [-0.05, 0) is 23.8 Å². The molecule has 20 heavy (non-hydrogen) atoms. The number of hydrogen-bond acceptors (Lipinski definition) is 3. The van der Waals surface area contributed by atoms with Gasteiger partial charge >= 0.3 is 0 Å². The number of anilines is 1. The number of nitrogens with one attached hydrogen (secondary N) is 1. The van der Waals surface area contributed by atoms with Crippen molar-refractivity contribution in [2.24, 2.45) is 0 Å². The Balaban J connectivity index is 2.15. The highest BCUT2D eigenvalue weighted by Crippen LogP contribution is 2.25. The van der Waals surface area contributed by atoms with Gasteiger partial charge in [0.25, 0.3) is 0 Å². The predicted molar refractivity (Wildman–Crippen MR) is 71.4 cm³/mol. The van der Waals surface area contributed by atoms with Gasteiger partial charge in [0.1, 0.15) is 17.3 Å². The van der Waals surface area contributed by atoms with Gasteiger partial charge in [-0.15, -0.1) is 0 Å². The van der Waals surface area contributed by atoms with Crippen molar-refractivity contribution >= 4 is 11.6 Å². The Bertz CT molecular complexity index is 491. The smallest absolute Gasteiger partial charge is 0.243 e. The molecule has 0 spiro atoms. The summed E-state index contributed by atoms with van der Waals surface area (Å²) in [7, 11) is 0. The largest absolute Gasteiger partial charge is 0.378 e. The highest BCUT2D eigenvalue weighted by atomic mass is 19.1. The van der Waals surface area contributed by atoms with Gasteiger partial charge < -0.3 is 15.0 Å². The first kappa shape index (κ1) is 14.5. The van der Waals surface area contributed by atoms with Crippen molar-refractivity contribution in [3.05, 3.63) is 42.0 Å². The number of amides is 1. The molecule has 1 aromatic carbocycles. The van der Waals surface area contributed by atoms with E-state index in [9.17, 15) is 13.6 Å². The second-order valence-corrected chi connectivity index (χ2v) is 4.43. The highest BCUT2D eigenvalue weighted by molar-refractivity contribution is 5.86. The van der Waals surface area contributed by atoms with Gasteiger partial charge in [0.2, 0.25) is 5.91 Å². The number of ether oxygens (including phenoxy) is 1. The molecule has 1 aliphatic rings. The Morgan fingerprint density at radius 2 is 1.95 bits per heavy atom. The number of morpholine rings is 1. The van der Waals surface area contributed by atoms with Crippen LogP contribution in [0.1, 0.15) is 5.56 Å². The Labute approximate surface area is 116 Å². The van der Waals surface area contributed by atoms with E-state index in [1.807, 2.05) is 0 Å². The van der Waals surface area contributed by atoms with E-state index in [4.69, 9.17) is 4.74 Å². The zero-order valence-corrected chi connectivity index (χ0v) is 11.0. The minimum atomic E-state index is -0.630. The third kappa shape index (κ3) is 3.33. The quantitative estimate of drug-likeness (QED) is 0.853. The number of carbonyl (C=O) groups is 1. The van der Waals surface area contributed by atoms with Crippen molar-refractivity contribution in [2.45, 2.75) is 6.54 Å². The summed E-state index contributed by atoms with van der Waals surface area (Å²) in [6.07, 6.45) is 1.11. The van der Waals surface area contributed by atoms with Crippen LogP contribution in [0.25, 0.3) is 0 Å². The summed E-state index contributed by atoms with van der Waals surface area (Å²) in [4.78, 5) is 12.7. The third-order valence-corrected chi connectivity index (χ3v) is 3.06. The van der Waals surface area contributed by atoms with Gasteiger partial charge in [-0.2, -0.15) is 0 Å². The highest BCUT2D eigenvalue weighted by Gasteiger charge is 2.20. The number of hydrogen-bond donors (Lipinski definition) is 1. The first-order chi connectivity index (χ1) is 9.61. The molecule has 2 rings (SSSR count). The van der Waals surface area contributed by atoms with Crippen LogP contribution in [0.4, 0.5) is 14.5 Å². The van der Waals surface area contributed by atoms with Gasteiger partial charge in [0, 0.05) is 19.6 Å². The summed E-state index contributed by atoms with van der Waals surface area (Å²) in [5.74, 6) is -1.65. The molecule has 1 aliphatic heterocycles. The summed E-state index contributed by atoms with van der Waals surface area (Å²) >= 11 is 0. The number of nitrogens with zero attached hydrogens (tertiary/aromatic N) is 1. The molecule has 1 fully saturated rings. The van der Waals surface area contributed by atoms with Crippen LogP contribution >= 0.6 is 0 Å². The van der Waals surface area contributed by atoms with Gasteiger partial charge in [-0.3, -0.25) is 4.79 Å². The van der Waals surface area contributed by atoms with Crippen LogP contribution in [0.3, 0.4) is 0 Å². The van der Waals surface area contributed by atoms with Crippen LogP contribution in [0.5, 0.6) is 0 Å². The van der Waals surface area contributed by atoms with E-state index in [-0.39, 0.29) is 18.1 Å². The number of carbonyl (C=O) groups excluding carboxylic acids is 1. The van der Waals surface area contributed by atoms with E-state index in [2.05, 4.69) is 11.9 Å². The normalized spacial score (nSPS) is 15.0. The van der Waals surface area contributed by atoms with Crippen molar-refractivity contribution in [1.29, 1.82) is 0 Å². The number of rotatable bonds is 4. The first-order valence-electron chi connectivity index (χ1n) is 6.32. The zero-order chi connectivity index (χ0) is 14.5. The predicted octanol–water partition coefficient (Wildman–Crippen LogP) is 1.60. The monoisotopic (exact) mass is 282 g/mol. The molecule has 0 radical (unpaired) electrons. The summed E-state index contributed by atoms with van der Waals surface area (Å²) in [5.41, 5.74) is 0.333. The molecule has 1 aromatic rings. The molecule has 1 heterocycles. The molecule has 6 heteroatoms. The summed E-state index contributed by atoms with van der Waals surface area (Å²) < 4.78 is 33.3. The van der Waals surface area contributed by atoms with E-state index in [1.165, 1.54) is 12.1 Å². The van der Waals surface area contributed by atoms with Gasteiger partial charge in [-0.25, -0.2) is 8.78 Å². The van der Waals surface area contributed by atoms with Gasteiger partial charge in [0.05, 0.1) is 13.2 Å². The Morgan fingerprint density at radius 3 is 2.50 bits per heavy atom.